The van der Waals surface area contributed by atoms with E-state index in [-0.39, 0.29) is 5.56 Å². The highest BCUT2D eigenvalue weighted by Gasteiger charge is 2.21. The summed E-state index contributed by atoms with van der Waals surface area (Å²) in [4.78, 5) is 30.3. The van der Waals surface area contributed by atoms with E-state index < -0.39 is 5.69 Å². The minimum absolute atomic E-state index is 0.302. The van der Waals surface area contributed by atoms with Crippen molar-refractivity contribution in [1.82, 2.24) is 14.5 Å². The number of rotatable bonds is 7. The zero-order valence-corrected chi connectivity index (χ0v) is 19.8. The average molecular weight is 498 g/mol. The Labute approximate surface area is 196 Å². The molecule has 2 heterocycles. The van der Waals surface area contributed by atoms with E-state index in [4.69, 9.17) is 4.74 Å². The predicted octanol–water partition coefficient (Wildman–Crippen LogP) is 4.14. The Morgan fingerprint density at radius 3 is 2.50 bits per heavy atom. The summed E-state index contributed by atoms with van der Waals surface area (Å²) in [5.74, 6) is 1.52. The Bertz CT molecular complexity index is 1130. The first-order valence-corrected chi connectivity index (χ1v) is 11.9. The Hall–Kier alpha value is -2.64. The fraction of sp³-hybridized carbons (Fsp3) is 0.360. The molecule has 1 aliphatic rings. The maximum absolute atomic E-state index is 12.6. The van der Waals surface area contributed by atoms with Crippen molar-refractivity contribution in [3.63, 3.8) is 0 Å². The zero-order chi connectivity index (χ0) is 22.5. The number of piperidine rings is 1. The molecule has 168 valence electrons. The third-order valence-electron chi connectivity index (χ3n) is 5.94. The van der Waals surface area contributed by atoms with Crippen LogP contribution >= 0.6 is 15.9 Å². The first-order chi connectivity index (χ1) is 15.5. The minimum Gasteiger partial charge on any atom is -0.494 e. The van der Waals surface area contributed by atoms with Gasteiger partial charge in [0.25, 0.3) is 5.56 Å². The Morgan fingerprint density at radius 1 is 1.06 bits per heavy atom. The summed E-state index contributed by atoms with van der Waals surface area (Å²) in [6, 6.07) is 16.7. The van der Waals surface area contributed by atoms with Crippen LogP contribution in [0.4, 0.5) is 0 Å². The van der Waals surface area contributed by atoms with Crippen LogP contribution < -0.4 is 16.0 Å². The van der Waals surface area contributed by atoms with Crippen LogP contribution in [0.5, 0.6) is 5.75 Å². The Kier molecular flexibility index (Phi) is 7.27. The number of nitrogens with zero attached hydrogens (tertiary/aromatic N) is 2. The second-order valence-corrected chi connectivity index (χ2v) is 9.07. The van der Waals surface area contributed by atoms with Crippen LogP contribution in [0.25, 0.3) is 5.69 Å². The summed E-state index contributed by atoms with van der Waals surface area (Å²) in [7, 11) is 0. The zero-order valence-electron chi connectivity index (χ0n) is 18.2. The molecule has 6 nitrogen and oxygen atoms in total. The molecule has 1 aromatic heterocycles. The van der Waals surface area contributed by atoms with Crippen molar-refractivity contribution < 1.29 is 4.74 Å². The molecular formula is C25H28BrN3O3. The van der Waals surface area contributed by atoms with Crippen molar-refractivity contribution in [2.24, 2.45) is 5.92 Å². The van der Waals surface area contributed by atoms with E-state index in [9.17, 15) is 9.59 Å². The van der Waals surface area contributed by atoms with Crippen molar-refractivity contribution in [2.75, 3.05) is 19.7 Å². The molecule has 1 aliphatic heterocycles. The van der Waals surface area contributed by atoms with Crippen LogP contribution in [-0.2, 0) is 13.0 Å². The van der Waals surface area contributed by atoms with Crippen molar-refractivity contribution in [3.8, 4) is 11.4 Å². The lowest BCUT2D eigenvalue weighted by Crippen LogP contribution is -2.38. The molecule has 1 saturated heterocycles. The molecule has 32 heavy (non-hydrogen) atoms. The fourth-order valence-electron chi connectivity index (χ4n) is 4.31. The largest absolute Gasteiger partial charge is 0.494 e. The van der Waals surface area contributed by atoms with Gasteiger partial charge in [-0.2, -0.15) is 0 Å². The summed E-state index contributed by atoms with van der Waals surface area (Å²) in [6.07, 6.45) is 3.17. The van der Waals surface area contributed by atoms with E-state index in [1.54, 1.807) is 12.1 Å². The molecule has 1 N–H and O–H groups in total. The lowest BCUT2D eigenvalue weighted by molar-refractivity contribution is 0.175. The quantitative estimate of drug-likeness (QED) is 0.532. The van der Waals surface area contributed by atoms with E-state index in [0.29, 0.717) is 30.5 Å². The molecule has 0 radical (unpaired) electrons. The summed E-state index contributed by atoms with van der Waals surface area (Å²) >= 11 is 3.67. The van der Waals surface area contributed by atoms with Crippen LogP contribution in [0.15, 0.2) is 68.7 Å². The topological polar surface area (TPSA) is 67.3 Å². The van der Waals surface area contributed by atoms with Gasteiger partial charge in [0.1, 0.15) is 5.75 Å². The lowest BCUT2D eigenvalue weighted by atomic mass is 9.90. The molecule has 2 aromatic carbocycles. The lowest BCUT2D eigenvalue weighted by Gasteiger charge is -2.32. The van der Waals surface area contributed by atoms with Gasteiger partial charge in [-0.05, 0) is 81.1 Å². The third-order valence-corrected chi connectivity index (χ3v) is 6.71. The molecule has 0 unspecified atom stereocenters. The molecule has 1 fully saturated rings. The number of halogens is 1. The standard InChI is InChI=1S/C25H28BrN3O3/c1-2-32-22-8-9-23(26)19(15-22)14-18-10-12-28(13-11-18)17-20-16-24(30)29(25(31)27-20)21-6-4-3-5-7-21/h3-9,15-16,18H,2,10-14,17H2,1H3,(H,27,31). The number of benzene rings is 2. The SMILES string of the molecule is CCOc1ccc(Br)c(CC2CCN(Cc3cc(=O)n(-c4ccccc4)c(=O)[nH]3)CC2)c1. The summed E-state index contributed by atoms with van der Waals surface area (Å²) in [5.41, 5.74) is 1.82. The first kappa shape index (κ1) is 22.6. The molecule has 7 heteroatoms. The van der Waals surface area contributed by atoms with Gasteiger partial charge < -0.3 is 9.72 Å². The van der Waals surface area contributed by atoms with Gasteiger partial charge in [-0.3, -0.25) is 9.69 Å². The highest BCUT2D eigenvalue weighted by atomic mass is 79.9. The number of H-pyrrole nitrogens is 1. The second-order valence-electron chi connectivity index (χ2n) is 8.22. The smallest absolute Gasteiger partial charge is 0.333 e. The van der Waals surface area contributed by atoms with E-state index in [1.807, 2.05) is 31.2 Å². The van der Waals surface area contributed by atoms with Crippen LogP contribution in [-0.4, -0.2) is 34.1 Å². The van der Waals surface area contributed by atoms with Gasteiger partial charge in [-0.25, -0.2) is 9.36 Å². The fourth-order valence-corrected chi connectivity index (χ4v) is 4.72. The van der Waals surface area contributed by atoms with Crippen molar-refractivity contribution >= 4 is 15.9 Å². The maximum Gasteiger partial charge on any atom is 0.333 e. The van der Waals surface area contributed by atoms with E-state index in [2.05, 4.69) is 37.9 Å². The number of hydrogen-bond acceptors (Lipinski definition) is 4. The van der Waals surface area contributed by atoms with Crippen LogP contribution in [0.3, 0.4) is 0 Å². The molecular weight excluding hydrogens is 470 g/mol. The number of aromatic amines is 1. The van der Waals surface area contributed by atoms with Crippen LogP contribution in [0, 0.1) is 5.92 Å². The van der Waals surface area contributed by atoms with Gasteiger partial charge >= 0.3 is 5.69 Å². The number of nitrogens with one attached hydrogen (secondary N) is 1. The highest BCUT2D eigenvalue weighted by molar-refractivity contribution is 9.10. The first-order valence-electron chi connectivity index (χ1n) is 11.1. The molecule has 0 saturated carbocycles. The molecule has 0 bridgehead atoms. The van der Waals surface area contributed by atoms with Crippen molar-refractivity contribution in [1.29, 1.82) is 0 Å². The molecule has 3 aromatic rings. The summed E-state index contributed by atoms with van der Waals surface area (Å²) in [5, 5.41) is 0. The van der Waals surface area contributed by atoms with E-state index >= 15 is 0 Å². The highest BCUT2D eigenvalue weighted by Crippen LogP contribution is 2.29. The molecule has 0 amide bonds. The summed E-state index contributed by atoms with van der Waals surface area (Å²) in [6.45, 7) is 5.12. The van der Waals surface area contributed by atoms with Gasteiger partial charge in [0.15, 0.2) is 0 Å². The number of ether oxygens (including phenoxy) is 1. The number of hydrogen-bond donors (Lipinski definition) is 1. The van der Waals surface area contributed by atoms with Crippen LogP contribution in [0.2, 0.25) is 0 Å². The third kappa shape index (κ3) is 5.40. The average Bonchev–Trinajstić information content (AvgIpc) is 2.78. The maximum atomic E-state index is 12.6. The van der Waals surface area contributed by atoms with E-state index in [1.165, 1.54) is 16.2 Å². The number of para-hydroxylation sites is 1. The van der Waals surface area contributed by atoms with Crippen LogP contribution in [0.1, 0.15) is 31.0 Å². The Morgan fingerprint density at radius 2 is 1.81 bits per heavy atom. The minimum atomic E-state index is -0.396. The molecule has 0 spiro atoms. The number of likely N-dealkylation sites (tertiary alicyclic amines) is 1. The van der Waals surface area contributed by atoms with Crippen molar-refractivity contribution in [2.45, 2.75) is 32.7 Å². The normalized spacial score (nSPS) is 15.1. The van der Waals surface area contributed by atoms with Gasteiger partial charge in [0.05, 0.1) is 12.3 Å². The van der Waals surface area contributed by atoms with Crippen molar-refractivity contribution in [3.05, 3.63) is 91.2 Å². The van der Waals surface area contributed by atoms with E-state index in [0.717, 1.165) is 42.6 Å². The van der Waals surface area contributed by atoms with Gasteiger partial charge in [-0.15, -0.1) is 0 Å². The molecule has 0 atom stereocenters. The summed E-state index contributed by atoms with van der Waals surface area (Å²) < 4.78 is 7.94. The molecule has 4 rings (SSSR count). The second kappa shape index (κ2) is 10.3. The Balaban J connectivity index is 1.37. The molecule has 0 aliphatic carbocycles. The van der Waals surface area contributed by atoms with Gasteiger partial charge in [-0.1, -0.05) is 34.1 Å². The predicted molar refractivity (Wildman–Crippen MR) is 130 cm³/mol. The van der Waals surface area contributed by atoms with Gasteiger partial charge in [0.2, 0.25) is 0 Å². The monoisotopic (exact) mass is 497 g/mol. The van der Waals surface area contributed by atoms with Gasteiger partial charge in [0, 0.05) is 22.8 Å². The number of aromatic nitrogens is 2.